The number of benzene rings is 1. The van der Waals surface area contributed by atoms with Gasteiger partial charge in [-0.3, -0.25) is 0 Å². The highest BCUT2D eigenvalue weighted by Crippen LogP contribution is 2.17. The maximum Gasteiger partial charge on any atom is 0.119 e. The van der Waals surface area contributed by atoms with Crippen LogP contribution in [0.15, 0.2) is 24.3 Å². The fourth-order valence-electron chi connectivity index (χ4n) is 1.96. The van der Waals surface area contributed by atoms with Crippen molar-refractivity contribution in [2.45, 2.75) is 46.0 Å². The zero-order valence-electron chi connectivity index (χ0n) is 11.6. The van der Waals surface area contributed by atoms with E-state index in [1.165, 1.54) is 37.7 Å². The first-order valence-corrected chi connectivity index (χ1v) is 8.20. The summed E-state index contributed by atoms with van der Waals surface area (Å²) in [5.74, 6) is 1.62. The minimum absolute atomic E-state index is 0.620. The van der Waals surface area contributed by atoms with Gasteiger partial charge in [0.25, 0.3) is 0 Å². The zero-order chi connectivity index (χ0) is 13.2. The minimum Gasteiger partial charge on any atom is -0.493 e. The second kappa shape index (κ2) is 9.43. The molecule has 1 atom stereocenters. The van der Waals surface area contributed by atoms with Crippen molar-refractivity contribution in [3.05, 3.63) is 29.8 Å². The van der Waals surface area contributed by atoms with Gasteiger partial charge < -0.3 is 4.74 Å². The van der Waals surface area contributed by atoms with E-state index in [1.807, 2.05) is 0 Å². The molecule has 0 aliphatic rings. The van der Waals surface area contributed by atoms with Gasteiger partial charge in [0, 0.05) is 11.2 Å². The molecule has 1 rings (SSSR count). The molecule has 0 spiro atoms. The van der Waals surface area contributed by atoms with Crippen molar-refractivity contribution in [1.82, 2.24) is 0 Å². The molecule has 0 saturated carbocycles. The van der Waals surface area contributed by atoms with Crippen LogP contribution in [0.3, 0.4) is 0 Å². The first-order chi connectivity index (χ1) is 8.80. The molecule has 0 fully saturated rings. The third-order valence-electron chi connectivity index (χ3n) is 3.14. The van der Waals surface area contributed by atoms with Crippen LogP contribution in [-0.2, 0) is 6.42 Å². The molecule has 102 valence electrons. The van der Waals surface area contributed by atoms with Crippen LogP contribution < -0.4 is 4.74 Å². The van der Waals surface area contributed by atoms with E-state index in [0.29, 0.717) is 5.92 Å². The van der Waals surface area contributed by atoms with E-state index in [9.17, 15) is 0 Å². The number of hydrogen-bond donors (Lipinski definition) is 0. The third-order valence-corrected chi connectivity index (χ3v) is 4.06. The maximum absolute atomic E-state index is 5.84. The molecule has 0 aliphatic heterocycles. The zero-order valence-corrected chi connectivity index (χ0v) is 13.2. The lowest BCUT2D eigenvalue weighted by Crippen LogP contribution is -2.13. The Kier molecular flexibility index (Phi) is 8.15. The Morgan fingerprint density at radius 1 is 1.11 bits per heavy atom. The predicted octanol–water partition coefficient (Wildman–Crippen LogP) is 5.22. The molecule has 0 aliphatic carbocycles. The second-order valence-electron chi connectivity index (χ2n) is 4.87. The average molecular weight is 313 g/mol. The van der Waals surface area contributed by atoms with Crippen molar-refractivity contribution in [1.29, 1.82) is 0 Å². The molecular weight excluding hydrogens is 288 g/mol. The summed E-state index contributed by atoms with van der Waals surface area (Å²) in [6, 6.07) is 8.58. The highest BCUT2D eigenvalue weighted by molar-refractivity contribution is 9.09. The van der Waals surface area contributed by atoms with Crippen molar-refractivity contribution in [2.75, 3.05) is 11.9 Å². The molecule has 18 heavy (non-hydrogen) atoms. The monoisotopic (exact) mass is 312 g/mol. The molecule has 0 saturated heterocycles. The average Bonchev–Trinajstić information content (AvgIpc) is 2.42. The number of aryl methyl sites for hydroxylation is 1. The van der Waals surface area contributed by atoms with Crippen molar-refractivity contribution in [2.24, 2.45) is 5.92 Å². The second-order valence-corrected chi connectivity index (χ2v) is 5.51. The van der Waals surface area contributed by atoms with Crippen LogP contribution in [0.2, 0.25) is 0 Å². The Labute approximate surface area is 120 Å². The summed E-state index contributed by atoms with van der Waals surface area (Å²) < 4.78 is 5.84. The quantitative estimate of drug-likeness (QED) is 0.568. The summed E-state index contributed by atoms with van der Waals surface area (Å²) in [6.07, 6.45) is 6.14. The molecule has 2 heteroatoms. The largest absolute Gasteiger partial charge is 0.493 e. The number of ether oxygens (including phenoxy) is 1. The Morgan fingerprint density at radius 3 is 2.39 bits per heavy atom. The summed E-state index contributed by atoms with van der Waals surface area (Å²) in [4.78, 5) is 0. The van der Waals surface area contributed by atoms with Crippen LogP contribution >= 0.6 is 15.9 Å². The van der Waals surface area contributed by atoms with Gasteiger partial charge in [0.2, 0.25) is 0 Å². The summed E-state index contributed by atoms with van der Waals surface area (Å²) >= 11 is 3.55. The molecule has 0 amide bonds. The van der Waals surface area contributed by atoms with Crippen LogP contribution in [0.5, 0.6) is 5.75 Å². The van der Waals surface area contributed by atoms with Gasteiger partial charge in [-0.05, 0) is 37.0 Å². The number of halogens is 1. The van der Waals surface area contributed by atoms with E-state index < -0.39 is 0 Å². The predicted molar refractivity (Wildman–Crippen MR) is 82.7 cm³/mol. The van der Waals surface area contributed by atoms with Gasteiger partial charge in [0.1, 0.15) is 5.75 Å². The van der Waals surface area contributed by atoms with Gasteiger partial charge in [-0.25, -0.2) is 0 Å². The van der Waals surface area contributed by atoms with E-state index >= 15 is 0 Å². The van der Waals surface area contributed by atoms with E-state index in [4.69, 9.17) is 4.74 Å². The van der Waals surface area contributed by atoms with Crippen LogP contribution in [-0.4, -0.2) is 11.9 Å². The molecule has 1 aromatic carbocycles. The maximum atomic E-state index is 5.84. The molecule has 0 N–H and O–H groups in total. The Balaban J connectivity index is 2.38. The number of alkyl halides is 1. The van der Waals surface area contributed by atoms with Gasteiger partial charge in [0.15, 0.2) is 0 Å². The Morgan fingerprint density at radius 2 is 1.83 bits per heavy atom. The van der Waals surface area contributed by atoms with Crippen molar-refractivity contribution in [3.63, 3.8) is 0 Å². The van der Waals surface area contributed by atoms with Crippen molar-refractivity contribution in [3.8, 4) is 5.75 Å². The van der Waals surface area contributed by atoms with Crippen molar-refractivity contribution < 1.29 is 4.74 Å². The normalized spacial score (nSPS) is 12.4. The fourth-order valence-corrected chi connectivity index (χ4v) is 2.47. The highest BCUT2D eigenvalue weighted by Gasteiger charge is 2.06. The minimum atomic E-state index is 0.620. The molecule has 1 unspecified atom stereocenters. The standard InChI is InChI=1S/C16H25BrO/c1-3-5-7-14-8-10-16(11-9-14)18-13-15(12-17)6-4-2/h8-11,15H,3-7,12-13H2,1-2H3. The van der Waals surface area contributed by atoms with Crippen molar-refractivity contribution >= 4 is 15.9 Å². The van der Waals surface area contributed by atoms with E-state index in [-0.39, 0.29) is 0 Å². The number of hydrogen-bond acceptors (Lipinski definition) is 1. The lowest BCUT2D eigenvalue weighted by molar-refractivity contribution is 0.255. The summed E-state index contributed by atoms with van der Waals surface area (Å²) in [7, 11) is 0. The SMILES string of the molecule is CCCCc1ccc(OCC(CBr)CCC)cc1. The molecule has 0 heterocycles. The van der Waals surface area contributed by atoms with Crippen LogP contribution in [0, 0.1) is 5.92 Å². The van der Waals surface area contributed by atoms with Gasteiger partial charge in [-0.15, -0.1) is 0 Å². The molecule has 0 aromatic heterocycles. The summed E-state index contributed by atoms with van der Waals surface area (Å²) in [5.41, 5.74) is 1.41. The van der Waals surface area contributed by atoms with Gasteiger partial charge >= 0.3 is 0 Å². The topological polar surface area (TPSA) is 9.23 Å². The molecule has 0 radical (unpaired) electrons. The number of unbranched alkanes of at least 4 members (excludes halogenated alkanes) is 1. The van der Waals surface area contributed by atoms with Gasteiger partial charge in [0.05, 0.1) is 6.61 Å². The molecule has 1 nitrogen and oxygen atoms in total. The highest BCUT2D eigenvalue weighted by atomic mass is 79.9. The van der Waals surface area contributed by atoms with Gasteiger partial charge in [-0.2, -0.15) is 0 Å². The smallest absolute Gasteiger partial charge is 0.119 e. The van der Waals surface area contributed by atoms with E-state index in [0.717, 1.165) is 17.7 Å². The van der Waals surface area contributed by atoms with E-state index in [1.54, 1.807) is 0 Å². The number of rotatable bonds is 9. The van der Waals surface area contributed by atoms with Crippen LogP contribution in [0.4, 0.5) is 0 Å². The first-order valence-electron chi connectivity index (χ1n) is 7.07. The molecule has 1 aromatic rings. The molecule has 0 bridgehead atoms. The van der Waals surface area contributed by atoms with Crippen LogP contribution in [0.1, 0.15) is 45.1 Å². The van der Waals surface area contributed by atoms with Gasteiger partial charge in [-0.1, -0.05) is 54.8 Å². The molecular formula is C16H25BrO. The lowest BCUT2D eigenvalue weighted by Gasteiger charge is -2.14. The first kappa shape index (κ1) is 15.6. The van der Waals surface area contributed by atoms with Crippen LogP contribution in [0.25, 0.3) is 0 Å². The Hall–Kier alpha value is -0.500. The fraction of sp³-hybridized carbons (Fsp3) is 0.625. The summed E-state index contributed by atoms with van der Waals surface area (Å²) in [5, 5.41) is 1.02. The lowest BCUT2D eigenvalue weighted by atomic mass is 10.1. The van der Waals surface area contributed by atoms with E-state index in [2.05, 4.69) is 54.0 Å². The Bertz CT molecular complexity index is 307. The summed E-state index contributed by atoms with van der Waals surface area (Å²) in [6.45, 7) is 5.26. The third kappa shape index (κ3) is 5.90.